The molecule has 0 unspecified atom stereocenters. The fraction of sp³-hybridized carbons (Fsp3) is 0.320. The number of pyridine rings is 1. The number of hydrogen-bond donors (Lipinski definition) is 1. The van der Waals surface area contributed by atoms with Gasteiger partial charge in [0, 0.05) is 11.1 Å². The molecule has 2 aromatic carbocycles. The van der Waals surface area contributed by atoms with Gasteiger partial charge in [-0.05, 0) is 37.0 Å². The van der Waals surface area contributed by atoms with E-state index in [1.165, 1.54) is 0 Å². The maximum absolute atomic E-state index is 12.9. The van der Waals surface area contributed by atoms with E-state index in [4.69, 9.17) is 4.74 Å². The average molecular weight is 405 g/mol. The highest BCUT2D eigenvalue weighted by Crippen LogP contribution is 2.24. The highest BCUT2D eigenvalue weighted by Gasteiger charge is 2.20. The van der Waals surface area contributed by atoms with E-state index in [9.17, 15) is 9.59 Å². The molecule has 1 amide bonds. The summed E-state index contributed by atoms with van der Waals surface area (Å²) in [5.41, 5.74) is 3.94. The summed E-state index contributed by atoms with van der Waals surface area (Å²) < 4.78 is 5.41. The minimum absolute atomic E-state index is 0.0995. The van der Waals surface area contributed by atoms with E-state index in [1.54, 1.807) is 0 Å². The van der Waals surface area contributed by atoms with Gasteiger partial charge >= 0.3 is 5.97 Å². The third-order valence-corrected chi connectivity index (χ3v) is 5.22. The van der Waals surface area contributed by atoms with Crippen LogP contribution in [0.2, 0.25) is 0 Å². The van der Waals surface area contributed by atoms with Gasteiger partial charge in [0.05, 0.1) is 17.1 Å². The maximum Gasteiger partial charge on any atom is 0.339 e. The molecule has 0 saturated carbocycles. The van der Waals surface area contributed by atoms with Gasteiger partial charge in [-0.2, -0.15) is 0 Å². The van der Waals surface area contributed by atoms with Crippen LogP contribution in [0.15, 0.2) is 54.6 Å². The third-order valence-electron chi connectivity index (χ3n) is 5.22. The van der Waals surface area contributed by atoms with Gasteiger partial charge in [-0.3, -0.25) is 9.78 Å². The molecule has 30 heavy (non-hydrogen) atoms. The topological polar surface area (TPSA) is 68.3 Å². The Labute approximate surface area is 177 Å². The molecule has 0 saturated heterocycles. The minimum atomic E-state index is -0.497. The van der Waals surface area contributed by atoms with Crippen molar-refractivity contribution in [1.29, 1.82) is 0 Å². The van der Waals surface area contributed by atoms with Gasteiger partial charge in [-0.15, -0.1) is 0 Å². The van der Waals surface area contributed by atoms with Crippen LogP contribution in [0.3, 0.4) is 0 Å². The second kappa shape index (κ2) is 10.0. The zero-order valence-electron chi connectivity index (χ0n) is 17.8. The zero-order chi connectivity index (χ0) is 21.5. The van der Waals surface area contributed by atoms with Crippen LogP contribution in [-0.4, -0.2) is 23.5 Å². The lowest BCUT2D eigenvalue weighted by molar-refractivity contribution is -0.125. The summed E-state index contributed by atoms with van der Waals surface area (Å²) in [7, 11) is 0. The first-order valence-electron chi connectivity index (χ1n) is 10.4. The van der Waals surface area contributed by atoms with Crippen molar-refractivity contribution in [2.45, 2.75) is 46.1 Å². The normalized spacial score (nSPS) is 11.8. The smallest absolute Gasteiger partial charge is 0.339 e. The number of hydrogen-bond acceptors (Lipinski definition) is 4. The number of nitrogens with zero attached hydrogens (tertiary/aromatic N) is 1. The van der Waals surface area contributed by atoms with Crippen molar-refractivity contribution >= 4 is 22.8 Å². The summed E-state index contributed by atoms with van der Waals surface area (Å²) in [6.45, 7) is 5.64. The van der Waals surface area contributed by atoms with E-state index >= 15 is 0 Å². The Kier molecular flexibility index (Phi) is 7.17. The lowest BCUT2D eigenvalue weighted by atomic mass is 10.0. The predicted octanol–water partition coefficient (Wildman–Crippen LogP) is 4.92. The number of benzene rings is 2. The molecule has 5 heteroatoms. The lowest BCUT2D eigenvalue weighted by Crippen LogP contribution is -2.32. The molecule has 3 rings (SSSR count). The molecule has 1 atom stereocenters. The monoisotopic (exact) mass is 404 g/mol. The highest BCUT2D eigenvalue weighted by molar-refractivity contribution is 6.05. The number of carbonyl (C=O) groups is 2. The molecule has 0 aliphatic heterocycles. The molecule has 0 fully saturated rings. The Bertz CT molecular complexity index is 1030. The van der Waals surface area contributed by atoms with Crippen LogP contribution in [0.4, 0.5) is 0 Å². The standard InChI is InChI=1S/C25H28N2O3/c1-4-11-21(18-12-7-6-8-13-18)27-23(28)16-30-25(29)24-17(3)20(5-2)26-22-15-10-9-14-19(22)24/h6-10,12-15,21H,4-5,11,16H2,1-3H3,(H,27,28)/t21-/m1/s1. The van der Waals surface area contributed by atoms with Crippen molar-refractivity contribution in [1.82, 2.24) is 10.3 Å². The molecule has 5 nitrogen and oxygen atoms in total. The number of aromatic nitrogens is 1. The van der Waals surface area contributed by atoms with Crippen LogP contribution in [0.1, 0.15) is 59.9 Å². The summed E-state index contributed by atoms with van der Waals surface area (Å²) in [5, 5.41) is 3.73. The summed E-state index contributed by atoms with van der Waals surface area (Å²) in [6.07, 6.45) is 2.46. The van der Waals surface area contributed by atoms with Crippen molar-refractivity contribution in [3.63, 3.8) is 0 Å². The molecule has 0 spiro atoms. The number of aryl methyl sites for hydroxylation is 1. The van der Waals surface area contributed by atoms with Crippen molar-refractivity contribution in [3.05, 3.63) is 77.0 Å². The van der Waals surface area contributed by atoms with E-state index in [-0.39, 0.29) is 18.6 Å². The Morgan fingerprint density at radius 3 is 2.43 bits per heavy atom. The van der Waals surface area contributed by atoms with Crippen LogP contribution >= 0.6 is 0 Å². The number of carbonyl (C=O) groups excluding carboxylic acids is 2. The first kappa shape index (κ1) is 21.5. The molecule has 1 N–H and O–H groups in total. The lowest BCUT2D eigenvalue weighted by Gasteiger charge is -2.19. The number of fused-ring (bicyclic) bond motifs is 1. The largest absolute Gasteiger partial charge is 0.452 e. The van der Waals surface area contributed by atoms with Gasteiger partial charge in [0.25, 0.3) is 5.91 Å². The van der Waals surface area contributed by atoms with Gasteiger partial charge in [-0.1, -0.05) is 68.8 Å². The molecule has 3 aromatic rings. The fourth-order valence-corrected chi connectivity index (χ4v) is 3.70. The number of esters is 1. The van der Waals surface area contributed by atoms with Gasteiger partial charge in [0.1, 0.15) is 0 Å². The minimum Gasteiger partial charge on any atom is -0.452 e. The molecule has 1 aromatic heterocycles. The molecule has 0 bridgehead atoms. The van der Waals surface area contributed by atoms with Crippen molar-refractivity contribution in [2.75, 3.05) is 6.61 Å². The Morgan fingerprint density at radius 2 is 1.73 bits per heavy atom. The fourth-order valence-electron chi connectivity index (χ4n) is 3.70. The molecule has 156 valence electrons. The summed E-state index contributed by atoms with van der Waals surface area (Å²) in [6, 6.07) is 17.2. The number of ether oxygens (including phenoxy) is 1. The Morgan fingerprint density at radius 1 is 1.03 bits per heavy atom. The maximum atomic E-state index is 12.9. The van der Waals surface area contributed by atoms with E-state index in [0.29, 0.717) is 12.0 Å². The molecule has 0 radical (unpaired) electrons. The molecule has 0 aliphatic carbocycles. The first-order valence-corrected chi connectivity index (χ1v) is 10.4. The van der Waals surface area contributed by atoms with Crippen molar-refractivity contribution < 1.29 is 14.3 Å². The second-order valence-electron chi connectivity index (χ2n) is 7.32. The van der Waals surface area contributed by atoms with Gasteiger partial charge in [-0.25, -0.2) is 4.79 Å². The molecular weight excluding hydrogens is 376 g/mol. The quantitative estimate of drug-likeness (QED) is 0.541. The summed E-state index contributed by atoms with van der Waals surface area (Å²) >= 11 is 0. The van der Waals surface area contributed by atoms with E-state index in [0.717, 1.165) is 40.6 Å². The van der Waals surface area contributed by atoms with Crippen LogP contribution in [-0.2, 0) is 16.0 Å². The van der Waals surface area contributed by atoms with Crippen LogP contribution in [0, 0.1) is 6.92 Å². The average Bonchev–Trinajstić information content (AvgIpc) is 2.77. The van der Waals surface area contributed by atoms with Crippen molar-refractivity contribution in [3.8, 4) is 0 Å². The zero-order valence-corrected chi connectivity index (χ0v) is 17.8. The molecular formula is C25H28N2O3. The van der Waals surface area contributed by atoms with Gasteiger partial charge < -0.3 is 10.1 Å². The first-order chi connectivity index (χ1) is 14.5. The van der Waals surface area contributed by atoms with Crippen molar-refractivity contribution in [2.24, 2.45) is 0 Å². The Hall–Kier alpha value is -3.21. The van der Waals surface area contributed by atoms with Crippen LogP contribution < -0.4 is 5.32 Å². The predicted molar refractivity (Wildman–Crippen MR) is 118 cm³/mol. The number of amides is 1. The van der Waals surface area contributed by atoms with Gasteiger partial charge in [0.2, 0.25) is 0 Å². The highest BCUT2D eigenvalue weighted by atomic mass is 16.5. The molecule has 0 aliphatic rings. The van der Waals surface area contributed by atoms with E-state index in [1.807, 2.05) is 68.4 Å². The Balaban J connectivity index is 1.74. The number of nitrogens with one attached hydrogen (secondary N) is 1. The summed E-state index contributed by atoms with van der Waals surface area (Å²) in [5.74, 6) is -0.805. The number of para-hydroxylation sites is 1. The second-order valence-corrected chi connectivity index (χ2v) is 7.32. The van der Waals surface area contributed by atoms with E-state index in [2.05, 4.69) is 17.2 Å². The van der Waals surface area contributed by atoms with Crippen LogP contribution in [0.5, 0.6) is 0 Å². The van der Waals surface area contributed by atoms with Crippen LogP contribution in [0.25, 0.3) is 10.9 Å². The third kappa shape index (κ3) is 4.85. The molecule has 1 heterocycles. The summed E-state index contributed by atoms with van der Waals surface area (Å²) in [4.78, 5) is 30.0. The van der Waals surface area contributed by atoms with Gasteiger partial charge in [0.15, 0.2) is 6.61 Å². The van der Waals surface area contributed by atoms with E-state index < -0.39 is 5.97 Å². The number of rotatable bonds is 8. The SMILES string of the molecule is CCC[C@@H](NC(=O)COC(=O)c1c(C)c(CC)nc2ccccc12)c1ccccc1.